The van der Waals surface area contributed by atoms with Gasteiger partial charge in [0.25, 0.3) is 5.91 Å². The van der Waals surface area contributed by atoms with Gasteiger partial charge in [0.15, 0.2) is 0 Å². The second-order valence-corrected chi connectivity index (χ2v) is 5.25. The Kier molecular flexibility index (Phi) is 4.57. The lowest BCUT2D eigenvalue weighted by atomic mass is 9.97. The SMILES string of the molecule is CCC(C)c1cccc(C(=O)Nc2ccc(C)cc2)c1. The Morgan fingerprint density at radius 3 is 2.50 bits per heavy atom. The smallest absolute Gasteiger partial charge is 0.255 e. The molecule has 2 aromatic rings. The van der Waals surface area contributed by atoms with Gasteiger partial charge < -0.3 is 5.32 Å². The van der Waals surface area contributed by atoms with E-state index in [-0.39, 0.29) is 5.91 Å². The normalized spacial score (nSPS) is 11.9. The van der Waals surface area contributed by atoms with E-state index in [9.17, 15) is 4.79 Å². The Bertz CT molecular complexity index is 587. The summed E-state index contributed by atoms with van der Waals surface area (Å²) in [6.07, 6.45) is 1.07. The second-order valence-electron chi connectivity index (χ2n) is 5.25. The highest BCUT2D eigenvalue weighted by molar-refractivity contribution is 6.04. The van der Waals surface area contributed by atoms with E-state index in [1.165, 1.54) is 11.1 Å². The van der Waals surface area contributed by atoms with Crippen LogP contribution in [0.25, 0.3) is 0 Å². The lowest BCUT2D eigenvalue weighted by Crippen LogP contribution is -2.12. The molecule has 0 spiro atoms. The van der Waals surface area contributed by atoms with Crippen LogP contribution in [0.15, 0.2) is 48.5 Å². The number of hydrogen-bond donors (Lipinski definition) is 1. The largest absolute Gasteiger partial charge is 0.322 e. The number of rotatable bonds is 4. The minimum Gasteiger partial charge on any atom is -0.322 e. The number of hydrogen-bond acceptors (Lipinski definition) is 1. The van der Waals surface area contributed by atoms with Gasteiger partial charge in [-0.05, 0) is 49.1 Å². The first kappa shape index (κ1) is 14.3. The fourth-order valence-corrected chi connectivity index (χ4v) is 2.06. The van der Waals surface area contributed by atoms with Gasteiger partial charge in [0, 0.05) is 11.3 Å². The summed E-state index contributed by atoms with van der Waals surface area (Å²) in [6.45, 7) is 6.36. The minimum absolute atomic E-state index is 0.0565. The standard InChI is InChI=1S/C18H21NO/c1-4-14(3)15-6-5-7-16(12-15)18(20)19-17-10-8-13(2)9-11-17/h5-12,14H,4H2,1-3H3,(H,19,20). The van der Waals surface area contributed by atoms with E-state index in [0.29, 0.717) is 11.5 Å². The Balaban J connectivity index is 2.14. The van der Waals surface area contributed by atoms with E-state index >= 15 is 0 Å². The molecule has 0 aliphatic carbocycles. The van der Waals surface area contributed by atoms with Crippen molar-refractivity contribution in [3.8, 4) is 0 Å². The molecule has 0 radical (unpaired) electrons. The number of anilines is 1. The molecule has 0 aliphatic rings. The van der Waals surface area contributed by atoms with E-state index in [4.69, 9.17) is 0 Å². The van der Waals surface area contributed by atoms with Crippen LogP contribution in [0.1, 0.15) is 47.7 Å². The lowest BCUT2D eigenvalue weighted by Gasteiger charge is -2.11. The van der Waals surface area contributed by atoms with Crippen molar-refractivity contribution in [2.24, 2.45) is 0 Å². The number of nitrogens with one attached hydrogen (secondary N) is 1. The van der Waals surface area contributed by atoms with E-state index in [0.717, 1.165) is 12.1 Å². The minimum atomic E-state index is -0.0565. The van der Waals surface area contributed by atoms with Crippen molar-refractivity contribution in [2.75, 3.05) is 5.32 Å². The van der Waals surface area contributed by atoms with Crippen molar-refractivity contribution in [2.45, 2.75) is 33.1 Å². The molecule has 1 atom stereocenters. The average Bonchev–Trinajstić information content (AvgIpc) is 2.49. The predicted octanol–water partition coefficient (Wildman–Crippen LogP) is 4.76. The quantitative estimate of drug-likeness (QED) is 0.850. The molecule has 0 bridgehead atoms. The van der Waals surface area contributed by atoms with Crippen LogP contribution < -0.4 is 5.32 Å². The molecule has 2 rings (SSSR count). The zero-order valence-corrected chi connectivity index (χ0v) is 12.3. The zero-order chi connectivity index (χ0) is 14.5. The average molecular weight is 267 g/mol. The summed E-state index contributed by atoms with van der Waals surface area (Å²) >= 11 is 0. The molecule has 0 fully saturated rings. The molecule has 0 heterocycles. The summed E-state index contributed by atoms with van der Waals surface area (Å²) in [5.74, 6) is 0.418. The molecular formula is C18H21NO. The Morgan fingerprint density at radius 2 is 1.85 bits per heavy atom. The fraction of sp³-hybridized carbons (Fsp3) is 0.278. The highest BCUT2D eigenvalue weighted by Crippen LogP contribution is 2.20. The van der Waals surface area contributed by atoms with Crippen LogP contribution in [0.4, 0.5) is 5.69 Å². The number of carbonyl (C=O) groups excluding carboxylic acids is 1. The summed E-state index contributed by atoms with van der Waals surface area (Å²) < 4.78 is 0. The van der Waals surface area contributed by atoms with Gasteiger partial charge in [0.2, 0.25) is 0 Å². The number of amides is 1. The monoisotopic (exact) mass is 267 g/mol. The third kappa shape index (κ3) is 3.47. The summed E-state index contributed by atoms with van der Waals surface area (Å²) in [4.78, 5) is 12.3. The van der Waals surface area contributed by atoms with Gasteiger partial charge in [-0.2, -0.15) is 0 Å². The summed E-state index contributed by atoms with van der Waals surface area (Å²) in [7, 11) is 0. The van der Waals surface area contributed by atoms with Crippen LogP contribution in [0.5, 0.6) is 0 Å². The van der Waals surface area contributed by atoms with Crippen molar-refractivity contribution in [1.82, 2.24) is 0 Å². The van der Waals surface area contributed by atoms with Gasteiger partial charge in [0.1, 0.15) is 0 Å². The molecule has 2 nitrogen and oxygen atoms in total. The van der Waals surface area contributed by atoms with Crippen molar-refractivity contribution in [3.63, 3.8) is 0 Å². The van der Waals surface area contributed by atoms with Gasteiger partial charge in [-0.1, -0.05) is 43.7 Å². The topological polar surface area (TPSA) is 29.1 Å². The van der Waals surface area contributed by atoms with E-state index < -0.39 is 0 Å². The molecule has 2 aromatic carbocycles. The van der Waals surface area contributed by atoms with Gasteiger partial charge in [-0.15, -0.1) is 0 Å². The Labute approximate surface area is 120 Å². The molecule has 1 N–H and O–H groups in total. The van der Waals surface area contributed by atoms with Crippen molar-refractivity contribution < 1.29 is 4.79 Å². The molecule has 0 saturated carbocycles. The van der Waals surface area contributed by atoms with Gasteiger partial charge in [0.05, 0.1) is 0 Å². The summed E-state index contributed by atoms with van der Waals surface area (Å²) in [5.41, 5.74) is 3.93. The van der Waals surface area contributed by atoms with E-state index in [1.807, 2.05) is 49.4 Å². The van der Waals surface area contributed by atoms with Crippen LogP contribution in [0.3, 0.4) is 0 Å². The Hall–Kier alpha value is -2.09. The number of aryl methyl sites for hydroxylation is 1. The summed E-state index contributed by atoms with van der Waals surface area (Å²) in [5, 5.41) is 2.93. The maximum atomic E-state index is 12.3. The van der Waals surface area contributed by atoms with Crippen LogP contribution in [0.2, 0.25) is 0 Å². The third-order valence-corrected chi connectivity index (χ3v) is 3.64. The van der Waals surface area contributed by atoms with Crippen LogP contribution in [0, 0.1) is 6.92 Å². The highest BCUT2D eigenvalue weighted by atomic mass is 16.1. The lowest BCUT2D eigenvalue weighted by molar-refractivity contribution is 0.102. The molecule has 0 saturated heterocycles. The zero-order valence-electron chi connectivity index (χ0n) is 12.3. The first-order valence-electron chi connectivity index (χ1n) is 7.08. The maximum Gasteiger partial charge on any atom is 0.255 e. The van der Waals surface area contributed by atoms with Crippen LogP contribution in [-0.4, -0.2) is 5.91 Å². The molecular weight excluding hydrogens is 246 g/mol. The molecule has 1 amide bonds. The number of carbonyl (C=O) groups is 1. The predicted molar refractivity (Wildman–Crippen MR) is 84.3 cm³/mol. The Morgan fingerprint density at radius 1 is 1.15 bits per heavy atom. The van der Waals surface area contributed by atoms with Crippen molar-refractivity contribution in [3.05, 3.63) is 65.2 Å². The van der Waals surface area contributed by atoms with E-state index in [2.05, 4.69) is 25.2 Å². The van der Waals surface area contributed by atoms with Crippen molar-refractivity contribution in [1.29, 1.82) is 0 Å². The van der Waals surface area contributed by atoms with Crippen LogP contribution in [-0.2, 0) is 0 Å². The first-order valence-corrected chi connectivity index (χ1v) is 7.08. The van der Waals surface area contributed by atoms with Gasteiger partial charge in [-0.3, -0.25) is 4.79 Å². The first-order chi connectivity index (χ1) is 9.60. The molecule has 0 aromatic heterocycles. The molecule has 20 heavy (non-hydrogen) atoms. The van der Waals surface area contributed by atoms with Gasteiger partial charge in [-0.25, -0.2) is 0 Å². The fourth-order valence-electron chi connectivity index (χ4n) is 2.06. The molecule has 2 heteroatoms. The second kappa shape index (κ2) is 6.38. The van der Waals surface area contributed by atoms with Crippen LogP contribution >= 0.6 is 0 Å². The van der Waals surface area contributed by atoms with Gasteiger partial charge >= 0.3 is 0 Å². The third-order valence-electron chi connectivity index (χ3n) is 3.64. The van der Waals surface area contributed by atoms with E-state index in [1.54, 1.807) is 0 Å². The maximum absolute atomic E-state index is 12.3. The summed E-state index contributed by atoms with van der Waals surface area (Å²) in [6, 6.07) is 15.7. The molecule has 1 unspecified atom stereocenters. The molecule has 0 aliphatic heterocycles. The van der Waals surface area contributed by atoms with Crippen molar-refractivity contribution >= 4 is 11.6 Å². The molecule has 104 valence electrons. The highest BCUT2D eigenvalue weighted by Gasteiger charge is 2.09. The number of benzene rings is 2.